The van der Waals surface area contributed by atoms with E-state index >= 15 is 0 Å². The van der Waals surface area contributed by atoms with Crippen molar-refractivity contribution < 1.29 is 9.13 Å². The SMILES string of the molecule is CNC1CCC(N(C)CCCOc2ccc(F)cc2)CC1. The van der Waals surface area contributed by atoms with Crippen LogP contribution in [0.25, 0.3) is 0 Å². The number of nitrogens with zero attached hydrogens (tertiary/aromatic N) is 1. The third kappa shape index (κ3) is 5.29. The zero-order valence-electron chi connectivity index (χ0n) is 13.1. The molecule has 3 nitrogen and oxygen atoms in total. The molecule has 1 aliphatic carbocycles. The molecular formula is C17H27FN2O. The predicted octanol–water partition coefficient (Wildman–Crippen LogP) is 3.06. The first-order valence-electron chi connectivity index (χ1n) is 7.95. The van der Waals surface area contributed by atoms with Crippen LogP contribution in [-0.4, -0.2) is 44.2 Å². The summed E-state index contributed by atoms with van der Waals surface area (Å²) >= 11 is 0. The molecule has 0 radical (unpaired) electrons. The fourth-order valence-electron chi connectivity index (χ4n) is 3.02. The second-order valence-electron chi connectivity index (χ2n) is 5.93. The number of hydrogen-bond donors (Lipinski definition) is 1. The van der Waals surface area contributed by atoms with E-state index in [1.807, 2.05) is 0 Å². The summed E-state index contributed by atoms with van der Waals surface area (Å²) in [6.07, 6.45) is 6.11. The molecule has 4 heteroatoms. The molecule has 0 unspecified atom stereocenters. The Labute approximate surface area is 127 Å². The maximum absolute atomic E-state index is 12.8. The van der Waals surface area contributed by atoms with Gasteiger partial charge in [0.2, 0.25) is 0 Å². The molecule has 0 saturated heterocycles. The van der Waals surface area contributed by atoms with E-state index < -0.39 is 0 Å². The third-order valence-electron chi connectivity index (χ3n) is 4.47. The molecule has 1 aromatic carbocycles. The molecule has 1 saturated carbocycles. The highest BCUT2D eigenvalue weighted by molar-refractivity contribution is 5.21. The Morgan fingerprint density at radius 2 is 1.86 bits per heavy atom. The van der Waals surface area contributed by atoms with Crippen molar-refractivity contribution in [3.8, 4) is 5.75 Å². The molecule has 1 fully saturated rings. The van der Waals surface area contributed by atoms with E-state index in [4.69, 9.17) is 4.74 Å². The van der Waals surface area contributed by atoms with Crippen LogP contribution >= 0.6 is 0 Å². The van der Waals surface area contributed by atoms with Gasteiger partial charge in [-0.2, -0.15) is 0 Å². The molecule has 118 valence electrons. The van der Waals surface area contributed by atoms with Crippen molar-refractivity contribution in [3.05, 3.63) is 30.1 Å². The normalized spacial score (nSPS) is 22.5. The van der Waals surface area contributed by atoms with Gasteiger partial charge in [0.05, 0.1) is 6.61 Å². The van der Waals surface area contributed by atoms with E-state index in [9.17, 15) is 4.39 Å². The third-order valence-corrected chi connectivity index (χ3v) is 4.47. The number of hydrogen-bond acceptors (Lipinski definition) is 3. The summed E-state index contributed by atoms with van der Waals surface area (Å²) in [5, 5.41) is 3.37. The lowest BCUT2D eigenvalue weighted by Gasteiger charge is -2.34. The maximum atomic E-state index is 12.8. The predicted molar refractivity (Wildman–Crippen MR) is 84.2 cm³/mol. The van der Waals surface area contributed by atoms with Crippen LogP contribution < -0.4 is 10.1 Å². The highest BCUT2D eigenvalue weighted by Crippen LogP contribution is 2.22. The first kappa shape index (κ1) is 16.2. The second kappa shape index (κ2) is 8.35. The molecule has 0 spiro atoms. The van der Waals surface area contributed by atoms with Gasteiger partial charge in [-0.3, -0.25) is 0 Å². The van der Waals surface area contributed by atoms with Crippen LogP contribution in [0.1, 0.15) is 32.1 Å². The van der Waals surface area contributed by atoms with E-state index in [0.29, 0.717) is 18.7 Å². The van der Waals surface area contributed by atoms with Crippen molar-refractivity contribution in [2.45, 2.75) is 44.2 Å². The minimum Gasteiger partial charge on any atom is -0.494 e. The molecule has 2 rings (SSSR count). The Morgan fingerprint density at radius 3 is 2.48 bits per heavy atom. The largest absolute Gasteiger partial charge is 0.494 e. The lowest BCUT2D eigenvalue weighted by atomic mass is 9.90. The summed E-state index contributed by atoms with van der Waals surface area (Å²) in [5.41, 5.74) is 0. The summed E-state index contributed by atoms with van der Waals surface area (Å²) < 4.78 is 18.4. The van der Waals surface area contributed by atoms with E-state index in [1.54, 1.807) is 12.1 Å². The minimum absolute atomic E-state index is 0.223. The molecule has 0 aliphatic heterocycles. The van der Waals surface area contributed by atoms with Crippen molar-refractivity contribution >= 4 is 0 Å². The van der Waals surface area contributed by atoms with Gasteiger partial charge in [-0.15, -0.1) is 0 Å². The highest BCUT2D eigenvalue weighted by atomic mass is 19.1. The van der Waals surface area contributed by atoms with Gasteiger partial charge in [0.25, 0.3) is 0 Å². The molecule has 0 bridgehead atoms. The first-order valence-corrected chi connectivity index (χ1v) is 7.95. The van der Waals surface area contributed by atoms with E-state index in [1.165, 1.54) is 37.8 Å². The molecule has 0 atom stereocenters. The Balaban J connectivity index is 1.61. The topological polar surface area (TPSA) is 24.5 Å². The van der Waals surface area contributed by atoms with Gasteiger partial charge in [-0.25, -0.2) is 4.39 Å². The van der Waals surface area contributed by atoms with Crippen LogP contribution in [0.2, 0.25) is 0 Å². The summed E-state index contributed by atoms with van der Waals surface area (Å²) in [7, 11) is 4.27. The first-order chi connectivity index (χ1) is 10.2. The number of halogens is 1. The van der Waals surface area contributed by atoms with Gasteiger partial charge in [0.15, 0.2) is 0 Å². The fraction of sp³-hybridized carbons (Fsp3) is 0.647. The van der Waals surface area contributed by atoms with E-state index in [0.717, 1.165) is 18.7 Å². The Kier molecular flexibility index (Phi) is 6.46. The molecule has 1 N–H and O–H groups in total. The average Bonchev–Trinajstić information content (AvgIpc) is 2.53. The lowest BCUT2D eigenvalue weighted by Crippen LogP contribution is -2.40. The Bertz CT molecular complexity index is 402. The zero-order valence-corrected chi connectivity index (χ0v) is 13.1. The highest BCUT2D eigenvalue weighted by Gasteiger charge is 2.22. The summed E-state index contributed by atoms with van der Waals surface area (Å²) in [6.45, 7) is 1.73. The smallest absolute Gasteiger partial charge is 0.123 e. The summed E-state index contributed by atoms with van der Waals surface area (Å²) in [6, 6.07) is 7.64. The van der Waals surface area contributed by atoms with Crippen LogP contribution in [0.3, 0.4) is 0 Å². The standard InChI is InChI=1S/C17H27FN2O/c1-19-15-6-8-16(9-7-15)20(2)12-3-13-21-17-10-4-14(18)5-11-17/h4-5,10-11,15-16,19H,3,6-9,12-13H2,1-2H3. The van der Waals surface area contributed by atoms with Gasteiger partial charge >= 0.3 is 0 Å². The molecule has 0 amide bonds. The van der Waals surface area contributed by atoms with Crippen LogP contribution in [0, 0.1) is 5.82 Å². The monoisotopic (exact) mass is 294 g/mol. The Morgan fingerprint density at radius 1 is 1.19 bits per heavy atom. The average molecular weight is 294 g/mol. The van der Waals surface area contributed by atoms with Crippen molar-refractivity contribution in [3.63, 3.8) is 0 Å². The lowest BCUT2D eigenvalue weighted by molar-refractivity contribution is 0.165. The van der Waals surface area contributed by atoms with Gasteiger partial charge in [-0.05, 0) is 70.5 Å². The quantitative estimate of drug-likeness (QED) is 0.782. The minimum atomic E-state index is -0.223. The van der Waals surface area contributed by atoms with Crippen LogP contribution in [0.15, 0.2) is 24.3 Å². The van der Waals surface area contributed by atoms with E-state index in [-0.39, 0.29) is 5.82 Å². The molecule has 0 aromatic heterocycles. The number of ether oxygens (including phenoxy) is 1. The van der Waals surface area contributed by atoms with E-state index in [2.05, 4.69) is 24.3 Å². The van der Waals surface area contributed by atoms with Crippen molar-refractivity contribution in [2.75, 3.05) is 27.2 Å². The zero-order chi connectivity index (χ0) is 15.1. The maximum Gasteiger partial charge on any atom is 0.123 e. The van der Waals surface area contributed by atoms with Crippen LogP contribution in [0.5, 0.6) is 5.75 Å². The summed E-state index contributed by atoms with van der Waals surface area (Å²) in [4.78, 5) is 2.46. The van der Waals surface area contributed by atoms with Gasteiger partial charge in [0, 0.05) is 18.6 Å². The molecule has 21 heavy (non-hydrogen) atoms. The van der Waals surface area contributed by atoms with Crippen molar-refractivity contribution in [2.24, 2.45) is 0 Å². The molecule has 1 aromatic rings. The molecular weight excluding hydrogens is 267 g/mol. The number of benzene rings is 1. The van der Waals surface area contributed by atoms with Crippen LogP contribution in [-0.2, 0) is 0 Å². The van der Waals surface area contributed by atoms with Crippen LogP contribution in [0.4, 0.5) is 4.39 Å². The molecule has 1 aliphatic rings. The van der Waals surface area contributed by atoms with Gasteiger partial charge < -0.3 is 15.0 Å². The van der Waals surface area contributed by atoms with Crippen molar-refractivity contribution in [1.82, 2.24) is 10.2 Å². The number of rotatable bonds is 7. The van der Waals surface area contributed by atoms with Crippen molar-refractivity contribution in [1.29, 1.82) is 0 Å². The van der Waals surface area contributed by atoms with Gasteiger partial charge in [0.1, 0.15) is 11.6 Å². The Hall–Kier alpha value is -1.13. The van der Waals surface area contributed by atoms with Gasteiger partial charge in [-0.1, -0.05) is 0 Å². The number of nitrogens with one attached hydrogen (secondary N) is 1. The fourth-order valence-corrected chi connectivity index (χ4v) is 3.02. The molecule has 0 heterocycles. The second-order valence-corrected chi connectivity index (χ2v) is 5.93. The summed E-state index contributed by atoms with van der Waals surface area (Å²) in [5.74, 6) is 0.521.